The quantitative estimate of drug-likeness (QED) is 0.590. The number of anilines is 3. The third kappa shape index (κ3) is 5.11. The first-order valence-electron chi connectivity index (χ1n) is 10.6. The lowest BCUT2D eigenvalue weighted by molar-refractivity contribution is 0.243. The first kappa shape index (κ1) is 20.2. The summed E-state index contributed by atoms with van der Waals surface area (Å²) in [5, 5.41) is 10.6. The van der Waals surface area contributed by atoms with Gasteiger partial charge in [0.25, 0.3) is 0 Å². The van der Waals surface area contributed by atoms with Crippen molar-refractivity contribution in [2.24, 2.45) is 0 Å². The zero-order chi connectivity index (χ0) is 20.4. The van der Waals surface area contributed by atoms with Gasteiger partial charge in [0.15, 0.2) is 5.82 Å². The summed E-state index contributed by atoms with van der Waals surface area (Å²) < 4.78 is 6.17. The topological polar surface area (TPSA) is 71.1 Å². The summed E-state index contributed by atoms with van der Waals surface area (Å²) in [6.45, 7) is 8.39. The first-order valence-corrected chi connectivity index (χ1v) is 11.0. The average Bonchev–Trinajstić information content (AvgIpc) is 3.51. The lowest BCUT2D eigenvalue weighted by Crippen LogP contribution is -2.27. The van der Waals surface area contributed by atoms with E-state index in [-0.39, 0.29) is 6.10 Å². The van der Waals surface area contributed by atoms with Crippen molar-refractivity contribution in [1.29, 1.82) is 0 Å². The molecule has 4 rings (SSSR count). The number of hydrogen-bond donors (Lipinski definition) is 3. The molecule has 2 heterocycles. The monoisotopic (exact) mass is 415 g/mol. The number of aromatic nitrogens is 2. The van der Waals surface area contributed by atoms with Gasteiger partial charge >= 0.3 is 0 Å². The molecule has 0 bridgehead atoms. The molecule has 0 radical (unpaired) electrons. The second-order valence-corrected chi connectivity index (χ2v) is 8.74. The molecule has 0 amide bonds. The molecule has 1 aliphatic carbocycles. The molecule has 6 nitrogen and oxygen atoms in total. The van der Waals surface area contributed by atoms with E-state index in [0.717, 1.165) is 37.4 Å². The number of nitrogens with zero attached hydrogens (tertiary/aromatic N) is 2. The van der Waals surface area contributed by atoms with Crippen molar-refractivity contribution in [3.05, 3.63) is 34.5 Å². The number of hydrogen-bond acceptors (Lipinski definition) is 6. The Labute approximate surface area is 177 Å². The molecule has 2 aromatic rings. The first-order chi connectivity index (χ1) is 14.0. The molecule has 2 aliphatic rings. The normalized spacial score (nSPS) is 17.4. The van der Waals surface area contributed by atoms with Gasteiger partial charge in [-0.25, -0.2) is 4.98 Å². The summed E-state index contributed by atoms with van der Waals surface area (Å²) in [6.07, 6.45) is 6.36. The third-order valence-electron chi connectivity index (χ3n) is 5.42. The Balaban J connectivity index is 1.64. The minimum absolute atomic E-state index is 0.0760. The fourth-order valence-electron chi connectivity index (χ4n) is 3.79. The highest BCUT2D eigenvalue weighted by Gasteiger charge is 2.23. The van der Waals surface area contributed by atoms with Gasteiger partial charge in [-0.3, -0.25) is 0 Å². The number of nitrogens with one attached hydrogen (secondary N) is 3. The highest BCUT2D eigenvalue weighted by atomic mass is 35.5. The van der Waals surface area contributed by atoms with Crippen LogP contribution in [0.25, 0.3) is 0 Å². The SMILES string of the molecule is Cc1cc(Nc2nc(NC3CC3)ncc2Cl)c(OC(C)C)cc1C1CCNCC1. The number of aryl methyl sites for hydroxylation is 1. The van der Waals surface area contributed by atoms with Gasteiger partial charge in [-0.05, 0) is 88.7 Å². The molecule has 0 unspecified atom stereocenters. The molecule has 1 aromatic carbocycles. The van der Waals surface area contributed by atoms with Crippen molar-refractivity contribution in [3.8, 4) is 5.75 Å². The predicted molar refractivity (Wildman–Crippen MR) is 119 cm³/mol. The average molecular weight is 416 g/mol. The minimum Gasteiger partial charge on any atom is -0.489 e. The maximum absolute atomic E-state index is 6.39. The molecule has 1 aromatic heterocycles. The van der Waals surface area contributed by atoms with Crippen molar-refractivity contribution in [1.82, 2.24) is 15.3 Å². The van der Waals surface area contributed by atoms with Crippen LogP contribution in [0, 0.1) is 6.92 Å². The Bertz CT molecular complexity index is 863. The Hall–Kier alpha value is -2.05. The molecule has 2 fully saturated rings. The second-order valence-electron chi connectivity index (χ2n) is 8.33. The molecular weight excluding hydrogens is 386 g/mol. The molecule has 29 heavy (non-hydrogen) atoms. The van der Waals surface area contributed by atoms with Gasteiger partial charge in [-0.15, -0.1) is 0 Å². The number of halogens is 1. The molecule has 1 saturated heterocycles. The van der Waals surface area contributed by atoms with Crippen LogP contribution in [0.2, 0.25) is 5.02 Å². The minimum atomic E-state index is 0.0760. The molecule has 156 valence electrons. The maximum atomic E-state index is 6.39. The second kappa shape index (κ2) is 8.76. The Morgan fingerprint density at radius 3 is 2.62 bits per heavy atom. The van der Waals surface area contributed by atoms with Gasteiger partial charge in [0.1, 0.15) is 10.8 Å². The summed E-state index contributed by atoms with van der Waals surface area (Å²) in [7, 11) is 0. The fraction of sp³-hybridized carbons (Fsp3) is 0.545. The van der Waals surface area contributed by atoms with Crippen LogP contribution in [-0.4, -0.2) is 35.2 Å². The van der Waals surface area contributed by atoms with Crippen LogP contribution in [0.5, 0.6) is 5.75 Å². The van der Waals surface area contributed by atoms with Crippen molar-refractivity contribution < 1.29 is 4.74 Å². The van der Waals surface area contributed by atoms with Gasteiger partial charge in [-0.2, -0.15) is 4.98 Å². The van der Waals surface area contributed by atoms with Crippen LogP contribution in [0.3, 0.4) is 0 Å². The van der Waals surface area contributed by atoms with Crippen molar-refractivity contribution >= 4 is 29.1 Å². The number of ether oxygens (including phenoxy) is 1. The largest absolute Gasteiger partial charge is 0.489 e. The van der Waals surface area contributed by atoms with Crippen LogP contribution in [0.1, 0.15) is 56.6 Å². The molecule has 3 N–H and O–H groups in total. The van der Waals surface area contributed by atoms with E-state index in [1.165, 1.54) is 24.0 Å². The predicted octanol–water partition coefficient (Wildman–Crippen LogP) is 5.01. The molecule has 7 heteroatoms. The van der Waals surface area contributed by atoms with Crippen LogP contribution in [0.15, 0.2) is 18.3 Å². The summed E-state index contributed by atoms with van der Waals surface area (Å²) in [4.78, 5) is 8.87. The van der Waals surface area contributed by atoms with Crippen LogP contribution in [-0.2, 0) is 0 Å². The van der Waals surface area contributed by atoms with Crippen molar-refractivity contribution in [2.45, 2.75) is 64.5 Å². The number of rotatable bonds is 7. The lowest BCUT2D eigenvalue weighted by atomic mass is 9.87. The van der Waals surface area contributed by atoms with Crippen LogP contribution >= 0.6 is 11.6 Å². The molecule has 1 saturated carbocycles. The zero-order valence-corrected chi connectivity index (χ0v) is 18.1. The zero-order valence-electron chi connectivity index (χ0n) is 17.4. The van der Waals surface area contributed by atoms with E-state index >= 15 is 0 Å². The van der Waals surface area contributed by atoms with Crippen LogP contribution in [0.4, 0.5) is 17.5 Å². The molecule has 0 spiro atoms. The third-order valence-corrected chi connectivity index (χ3v) is 5.69. The van der Waals surface area contributed by atoms with E-state index in [0.29, 0.717) is 28.7 Å². The standard InChI is InChI=1S/C22H30ClN5O/c1-13(2)29-20-11-17(15-6-8-24-9-7-15)14(3)10-19(20)27-21-18(23)12-25-22(28-21)26-16-4-5-16/h10-13,15-16,24H,4-9H2,1-3H3,(H2,25,26,27,28). The Morgan fingerprint density at radius 1 is 1.17 bits per heavy atom. The van der Waals surface area contributed by atoms with Crippen molar-refractivity contribution in [2.75, 3.05) is 23.7 Å². The van der Waals surface area contributed by atoms with Gasteiger partial charge in [0.05, 0.1) is 18.0 Å². The lowest BCUT2D eigenvalue weighted by Gasteiger charge is -2.26. The van der Waals surface area contributed by atoms with Crippen LogP contribution < -0.4 is 20.7 Å². The smallest absolute Gasteiger partial charge is 0.224 e. The molecular formula is C22H30ClN5O. The number of piperidine rings is 1. The number of benzene rings is 1. The van der Waals surface area contributed by atoms with Gasteiger partial charge < -0.3 is 20.7 Å². The fourth-order valence-corrected chi connectivity index (χ4v) is 3.93. The summed E-state index contributed by atoms with van der Waals surface area (Å²) >= 11 is 6.39. The van der Waals surface area contributed by atoms with Gasteiger partial charge in [0, 0.05) is 6.04 Å². The van der Waals surface area contributed by atoms with E-state index in [4.69, 9.17) is 16.3 Å². The van der Waals surface area contributed by atoms with Crippen molar-refractivity contribution in [3.63, 3.8) is 0 Å². The Morgan fingerprint density at radius 2 is 1.93 bits per heavy atom. The summed E-state index contributed by atoms with van der Waals surface area (Å²) in [5.41, 5.74) is 3.52. The molecule has 1 aliphatic heterocycles. The highest BCUT2D eigenvalue weighted by Crippen LogP contribution is 2.38. The van der Waals surface area contributed by atoms with E-state index in [1.54, 1.807) is 6.20 Å². The summed E-state index contributed by atoms with van der Waals surface area (Å²) in [5.74, 6) is 2.60. The van der Waals surface area contributed by atoms with E-state index < -0.39 is 0 Å². The van der Waals surface area contributed by atoms with Gasteiger partial charge in [-0.1, -0.05) is 11.6 Å². The Kier molecular flexibility index (Phi) is 6.11. The maximum Gasteiger partial charge on any atom is 0.224 e. The van der Waals surface area contributed by atoms with E-state index in [2.05, 4.69) is 45.0 Å². The van der Waals surface area contributed by atoms with Gasteiger partial charge in [0.2, 0.25) is 5.95 Å². The van der Waals surface area contributed by atoms with E-state index in [9.17, 15) is 0 Å². The van der Waals surface area contributed by atoms with E-state index in [1.807, 2.05) is 13.8 Å². The summed E-state index contributed by atoms with van der Waals surface area (Å²) in [6, 6.07) is 4.84. The highest BCUT2D eigenvalue weighted by molar-refractivity contribution is 6.32. The molecule has 0 atom stereocenters.